The summed E-state index contributed by atoms with van der Waals surface area (Å²) in [5.74, 6) is 1.56. The molecule has 0 aromatic heterocycles. The van der Waals surface area contributed by atoms with Crippen molar-refractivity contribution in [3.05, 3.63) is 95.1 Å². The lowest BCUT2D eigenvalue weighted by Gasteiger charge is -2.34. The second-order valence-electron chi connectivity index (χ2n) is 10.3. The predicted octanol–water partition coefficient (Wildman–Crippen LogP) is 7.29. The van der Waals surface area contributed by atoms with E-state index in [1.807, 2.05) is 12.1 Å². The highest BCUT2D eigenvalue weighted by atomic mass is 16.5. The number of nitrogens with zero attached hydrogens (tertiary/aromatic N) is 1. The number of hydrogen-bond acceptors (Lipinski definition) is 3. The van der Waals surface area contributed by atoms with Gasteiger partial charge in [-0.2, -0.15) is 0 Å². The quantitative estimate of drug-likeness (QED) is 0.317. The van der Waals surface area contributed by atoms with Gasteiger partial charge in [-0.1, -0.05) is 73.9 Å². The zero-order valence-corrected chi connectivity index (χ0v) is 20.9. The molecule has 0 amide bonds. The zero-order chi connectivity index (χ0) is 23.9. The van der Waals surface area contributed by atoms with E-state index in [-0.39, 0.29) is 11.8 Å². The van der Waals surface area contributed by atoms with Crippen LogP contribution in [-0.2, 0) is 6.42 Å². The Bertz CT molecular complexity index is 1060. The van der Waals surface area contributed by atoms with Gasteiger partial charge in [-0.15, -0.1) is 0 Å². The number of likely N-dealkylation sites (tertiary alicyclic amines) is 1. The first-order valence-corrected chi connectivity index (χ1v) is 13.6. The van der Waals surface area contributed by atoms with Crippen LogP contribution in [0.15, 0.2) is 72.8 Å². The summed E-state index contributed by atoms with van der Waals surface area (Å²) in [7, 11) is 0. The molecule has 2 unspecified atom stereocenters. The molecule has 3 nitrogen and oxygen atoms in total. The second-order valence-corrected chi connectivity index (χ2v) is 10.3. The molecule has 0 radical (unpaired) electrons. The lowest BCUT2D eigenvalue weighted by atomic mass is 9.75. The van der Waals surface area contributed by atoms with Crippen LogP contribution in [0.2, 0.25) is 0 Å². The number of aryl methyl sites for hydroxylation is 1. The summed E-state index contributed by atoms with van der Waals surface area (Å²) in [6.45, 7) is 4.59. The summed E-state index contributed by atoms with van der Waals surface area (Å²) >= 11 is 0. The Morgan fingerprint density at radius 1 is 0.771 bits per heavy atom. The Kier molecular flexibility index (Phi) is 8.05. The molecule has 0 aliphatic carbocycles. The number of phenols is 1. The molecule has 2 aliphatic rings. The summed E-state index contributed by atoms with van der Waals surface area (Å²) < 4.78 is 6.13. The lowest BCUT2D eigenvalue weighted by Crippen LogP contribution is -2.25. The lowest BCUT2D eigenvalue weighted by molar-refractivity contribution is 0.248. The maximum absolute atomic E-state index is 10.2. The van der Waals surface area contributed by atoms with E-state index in [9.17, 15) is 5.11 Å². The maximum Gasteiger partial charge on any atom is 0.123 e. The molecule has 3 aromatic rings. The molecule has 184 valence electrons. The van der Waals surface area contributed by atoms with E-state index in [4.69, 9.17) is 4.74 Å². The third kappa shape index (κ3) is 6.08. The average molecular weight is 470 g/mol. The average Bonchev–Trinajstić information content (AvgIpc) is 3.42. The van der Waals surface area contributed by atoms with Gasteiger partial charge in [0.15, 0.2) is 0 Å². The van der Waals surface area contributed by atoms with Crippen LogP contribution in [0.4, 0.5) is 0 Å². The first-order chi connectivity index (χ1) is 17.3. The SMILES string of the molecule is Oc1ccc2c(c1)C(c1ccc(CCCCCCCN3CCCC3)cc1)C(c1ccccc1)CO2. The van der Waals surface area contributed by atoms with Crippen molar-refractivity contribution in [2.75, 3.05) is 26.2 Å². The van der Waals surface area contributed by atoms with Crippen molar-refractivity contribution in [3.63, 3.8) is 0 Å². The summed E-state index contributed by atoms with van der Waals surface area (Å²) in [4.78, 5) is 2.63. The van der Waals surface area contributed by atoms with Gasteiger partial charge in [-0.3, -0.25) is 0 Å². The molecule has 5 rings (SSSR count). The van der Waals surface area contributed by atoms with Crippen LogP contribution in [0.5, 0.6) is 11.5 Å². The number of unbranched alkanes of at least 4 members (excludes halogenated alkanes) is 4. The van der Waals surface area contributed by atoms with Gasteiger partial charge in [0.2, 0.25) is 0 Å². The molecule has 1 N–H and O–H groups in total. The van der Waals surface area contributed by atoms with Crippen molar-refractivity contribution in [3.8, 4) is 11.5 Å². The molecule has 3 heteroatoms. The Labute approximate surface area is 210 Å². The first kappa shape index (κ1) is 23.9. The van der Waals surface area contributed by atoms with Gasteiger partial charge in [0, 0.05) is 17.4 Å². The van der Waals surface area contributed by atoms with Crippen LogP contribution in [0.1, 0.15) is 79.0 Å². The summed E-state index contributed by atoms with van der Waals surface area (Å²) in [5, 5.41) is 10.2. The Morgan fingerprint density at radius 3 is 2.31 bits per heavy atom. The minimum absolute atomic E-state index is 0.165. The van der Waals surface area contributed by atoms with E-state index < -0.39 is 0 Å². The van der Waals surface area contributed by atoms with E-state index in [0.29, 0.717) is 12.4 Å². The van der Waals surface area contributed by atoms with Crippen LogP contribution < -0.4 is 4.74 Å². The van der Waals surface area contributed by atoms with Crippen LogP contribution in [-0.4, -0.2) is 36.2 Å². The second kappa shape index (κ2) is 11.8. The fourth-order valence-electron chi connectivity index (χ4n) is 5.90. The van der Waals surface area contributed by atoms with Gasteiger partial charge in [-0.25, -0.2) is 0 Å². The molecule has 35 heavy (non-hydrogen) atoms. The molecule has 2 aliphatic heterocycles. The highest BCUT2D eigenvalue weighted by Crippen LogP contribution is 2.47. The smallest absolute Gasteiger partial charge is 0.123 e. The van der Waals surface area contributed by atoms with E-state index in [0.717, 1.165) is 17.7 Å². The number of hydrogen-bond donors (Lipinski definition) is 1. The third-order valence-corrected chi connectivity index (χ3v) is 7.85. The number of ether oxygens (including phenoxy) is 1. The number of fused-ring (bicyclic) bond motifs is 1. The van der Waals surface area contributed by atoms with Crippen LogP contribution in [0.25, 0.3) is 0 Å². The van der Waals surface area contributed by atoms with Crippen LogP contribution >= 0.6 is 0 Å². The first-order valence-electron chi connectivity index (χ1n) is 13.6. The number of phenolic OH excluding ortho intramolecular Hbond substituents is 1. The number of aromatic hydroxyl groups is 1. The fourth-order valence-corrected chi connectivity index (χ4v) is 5.90. The van der Waals surface area contributed by atoms with Gasteiger partial charge in [-0.05, 0) is 86.6 Å². The normalized spacial score (nSPS) is 19.9. The molecule has 2 heterocycles. The van der Waals surface area contributed by atoms with Crippen LogP contribution in [0.3, 0.4) is 0 Å². The summed E-state index contributed by atoms with van der Waals surface area (Å²) in [6.07, 6.45) is 10.6. The van der Waals surface area contributed by atoms with E-state index >= 15 is 0 Å². The number of benzene rings is 3. The molecule has 2 atom stereocenters. The predicted molar refractivity (Wildman–Crippen MR) is 144 cm³/mol. The molecule has 0 spiro atoms. The number of rotatable bonds is 10. The van der Waals surface area contributed by atoms with Gasteiger partial charge >= 0.3 is 0 Å². The molecule has 3 aromatic carbocycles. The van der Waals surface area contributed by atoms with E-state index in [2.05, 4.69) is 59.5 Å². The Balaban J connectivity index is 1.20. The molecule has 0 saturated carbocycles. The highest BCUT2D eigenvalue weighted by molar-refractivity contribution is 5.50. The highest BCUT2D eigenvalue weighted by Gasteiger charge is 2.33. The van der Waals surface area contributed by atoms with Gasteiger partial charge in [0.25, 0.3) is 0 Å². The molecule has 1 fully saturated rings. The fraction of sp³-hybridized carbons (Fsp3) is 0.438. The van der Waals surface area contributed by atoms with E-state index in [1.54, 1.807) is 6.07 Å². The summed E-state index contributed by atoms with van der Waals surface area (Å²) in [5.41, 5.74) is 5.07. The molecular formula is C32H39NO2. The van der Waals surface area contributed by atoms with Gasteiger partial charge in [0.1, 0.15) is 11.5 Å². The minimum Gasteiger partial charge on any atom is -0.508 e. The Hall–Kier alpha value is -2.78. The van der Waals surface area contributed by atoms with Crippen molar-refractivity contribution in [1.29, 1.82) is 0 Å². The largest absolute Gasteiger partial charge is 0.508 e. The van der Waals surface area contributed by atoms with Crippen molar-refractivity contribution >= 4 is 0 Å². The van der Waals surface area contributed by atoms with Crippen molar-refractivity contribution < 1.29 is 9.84 Å². The van der Waals surface area contributed by atoms with Crippen molar-refractivity contribution in [1.82, 2.24) is 4.90 Å². The molecular weight excluding hydrogens is 430 g/mol. The molecule has 0 bridgehead atoms. The van der Waals surface area contributed by atoms with Gasteiger partial charge in [0.05, 0.1) is 6.61 Å². The van der Waals surface area contributed by atoms with Gasteiger partial charge < -0.3 is 14.7 Å². The zero-order valence-electron chi connectivity index (χ0n) is 20.9. The summed E-state index contributed by atoms with van der Waals surface area (Å²) in [6, 6.07) is 25.3. The van der Waals surface area contributed by atoms with E-state index in [1.165, 1.54) is 81.3 Å². The standard InChI is InChI=1S/C32H39NO2/c34-28-18-19-31-29(23-28)32(30(24-35-31)26-12-6-4-7-13-26)27-16-14-25(15-17-27)11-5-2-1-3-8-20-33-21-9-10-22-33/h4,6-7,12-19,23,30,32,34H,1-3,5,8-11,20-22,24H2. The molecule has 1 saturated heterocycles. The Morgan fingerprint density at radius 2 is 1.51 bits per heavy atom. The van der Waals surface area contributed by atoms with Crippen molar-refractivity contribution in [2.45, 2.75) is 63.2 Å². The van der Waals surface area contributed by atoms with Crippen molar-refractivity contribution in [2.24, 2.45) is 0 Å². The topological polar surface area (TPSA) is 32.7 Å². The monoisotopic (exact) mass is 469 g/mol. The van der Waals surface area contributed by atoms with Crippen LogP contribution in [0, 0.1) is 0 Å². The minimum atomic E-state index is 0.165. The third-order valence-electron chi connectivity index (χ3n) is 7.85. The maximum atomic E-state index is 10.2.